The minimum absolute atomic E-state index is 0.262. The van der Waals surface area contributed by atoms with Gasteiger partial charge in [-0.15, -0.1) is 0 Å². The smallest absolute Gasteiger partial charge is 0.226 e. The van der Waals surface area contributed by atoms with E-state index in [1.807, 2.05) is 11.0 Å². The fraction of sp³-hybridized carbons (Fsp3) is 0.316. The molecule has 0 aliphatic carbocycles. The highest BCUT2D eigenvalue weighted by Crippen LogP contribution is 2.21. The molecule has 1 aliphatic heterocycles. The molecule has 2 heteroatoms. The summed E-state index contributed by atoms with van der Waals surface area (Å²) in [5.74, 6) is 0.262. The number of anilines is 1. The van der Waals surface area contributed by atoms with Crippen LogP contribution in [0.3, 0.4) is 0 Å². The van der Waals surface area contributed by atoms with Gasteiger partial charge in [0.1, 0.15) is 0 Å². The van der Waals surface area contributed by atoms with E-state index in [9.17, 15) is 4.79 Å². The number of carbonyl (C=O) groups excluding carboxylic acids is 1. The van der Waals surface area contributed by atoms with E-state index in [1.54, 1.807) is 0 Å². The third-order valence-corrected chi connectivity index (χ3v) is 4.12. The number of carbonyl (C=O) groups is 1. The van der Waals surface area contributed by atoms with Gasteiger partial charge in [-0.05, 0) is 48.9 Å². The molecule has 0 radical (unpaired) electrons. The van der Waals surface area contributed by atoms with Crippen LogP contribution in [-0.2, 0) is 17.6 Å². The molecule has 0 saturated carbocycles. The fourth-order valence-electron chi connectivity index (χ4n) is 2.85. The summed E-state index contributed by atoms with van der Waals surface area (Å²) in [4.78, 5) is 13.8. The first-order chi connectivity index (χ1) is 10.3. The van der Waals surface area contributed by atoms with Gasteiger partial charge in [0.25, 0.3) is 0 Å². The molecule has 108 valence electrons. The quantitative estimate of drug-likeness (QED) is 0.828. The summed E-state index contributed by atoms with van der Waals surface area (Å²) in [5, 5.41) is 0. The SMILES string of the molecule is O=C1CCCCN1c1ccc(CCc2ccccc2)cc1. The first-order valence-electron chi connectivity index (χ1n) is 7.76. The van der Waals surface area contributed by atoms with E-state index in [0.29, 0.717) is 6.42 Å². The van der Waals surface area contributed by atoms with Crippen LogP contribution in [0.5, 0.6) is 0 Å². The largest absolute Gasteiger partial charge is 0.312 e. The van der Waals surface area contributed by atoms with Crippen LogP contribution < -0.4 is 4.90 Å². The Morgan fingerprint density at radius 2 is 1.48 bits per heavy atom. The van der Waals surface area contributed by atoms with Gasteiger partial charge >= 0.3 is 0 Å². The monoisotopic (exact) mass is 279 g/mol. The van der Waals surface area contributed by atoms with E-state index in [0.717, 1.165) is 37.9 Å². The Hall–Kier alpha value is -2.09. The average Bonchev–Trinajstić information content (AvgIpc) is 2.55. The molecular weight excluding hydrogens is 258 g/mol. The second-order valence-electron chi connectivity index (χ2n) is 5.65. The standard InChI is InChI=1S/C19H21NO/c21-19-8-4-5-15-20(19)18-13-11-17(12-14-18)10-9-16-6-2-1-3-7-16/h1-3,6-7,11-14H,4-5,8-10,15H2. The predicted molar refractivity (Wildman–Crippen MR) is 86.5 cm³/mol. The Balaban J connectivity index is 1.62. The molecule has 3 rings (SSSR count). The topological polar surface area (TPSA) is 20.3 Å². The molecule has 2 nitrogen and oxygen atoms in total. The van der Waals surface area contributed by atoms with E-state index in [-0.39, 0.29) is 5.91 Å². The normalized spacial score (nSPS) is 15.2. The van der Waals surface area contributed by atoms with Gasteiger partial charge in [-0.1, -0.05) is 42.5 Å². The number of nitrogens with zero attached hydrogens (tertiary/aromatic N) is 1. The van der Waals surface area contributed by atoms with E-state index in [4.69, 9.17) is 0 Å². The number of hydrogen-bond acceptors (Lipinski definition) is 1. The van der Waals surface area contributed by atoms with E-state index in [2.05, 4.69) is 48.5 Å². The zero-order valence-electron chi connectivity index (χ0n) is 12.3. The molecule has 1 aliphatic rings. The number of hydrogen-bond donors (Lipinski definition) is 0. The molecule has 0 aromatic heterocycles. The van der Waals surface area contributed by atoms with Crippen molar-refractivity contribution in [2.24, 2.45) is 0 Å². The molecule has 0 atom stereocenters. The molecule has 1 saturated heterocycles. The van der Waals surface area contributed by atoms with Gasteiger partial charge < -0.3 is 4.90 Å². The van der Waals surface area contributed by atoms with Gasteiger partial charge in [0.2, 0.25) is 5.91 Å². The number of aryl methyl sites for hydroxylation is 2. The molecule has 21 heavy (non-hydrogen) atoms. The van der Waals surface area contributed by atoms with Crippen LogP contribution in [0.25, 0.3) is 0 Å². The minimum atomic E-state index is 0.262. The molecular formula is C19H21NO. The summed E-state index contributed by atoms with van der Waals surface area (Å²) in [7, 11) is 0. The summed E-state index contributed by atoms with van der Waals surface area (Å²) < 4.78 is 0. The van der Waals surface area contributed by atoms with Crippen molar-refractivity contribution in [1.82, 2.24) is 0 Å². The predicted octanol–water partition coefficient (Wildman–Crippen LogP) is 3.99. The minimum Gasteiger partial charge on any atom is -0.312 e. The van der Waals surface area contributed by atoms with Crippen LogP contribution in [0.2, 0.25) is 0 Å². The summed E-state index contributed by atoms with van der Waals surface area (Å²) >= 11 is 0. The van der Waals surface area contributed by atoms with E-state index in [1.165, 1.54) is 11.1 Å². The molecule has 1 heterocycles. The van der Waals surface area contributed by atoms with Crippen molar-refractivity contribution in [1.29, 1.82) is 0 Å². The first kappa shape index (κ1) is 13.9. The van der Waals surface area contributed by atoms with Crippen LogP contribution in [0.1, 0.15) is 30.4 Å². The van der Waals surface area contributed by atoms with Crippen LogP contribution >= 0.6 is 0 Å². The molecule has 2 aromatic carbocycles. The summed E-state index contributed by atoms with van der Waals surface area (Å²) in [6, 6.07) is 19.0. The average molecular weight is 279 g/mol. The fourth-order valence-corrected chi connectivity index (χ4v) is 2.85. The van der Waals surface area contributed by atoms with Crippen molar-refractivity contribution in [3.8, 4) is 0 Å². The second-order valence-corrected chi connectivity index (χ2v) is 5.65. The molecule has 1 amide bonds. The number of rotatable bonds is 4. The summed E-state index contributed by atoms with van der Waals surface area (Å²) in [5.41, 5.74) is 3.74. The van der Waals surface area contributed by atoms with Gasteiger partial charge in [-0.25, -0.2) is 0 Å². The van der Waals surface area contributed by atoms with Crippen LogP contribution in [0.15, 0.2) is 54.6 Å². The molecule has 0 N–H and O–H groups in total. The lowest BCUT2D eigenvalue weighted by atomic mass is 10.0. The Labute approximate surface area is 126 Å². The number of amides is 1. The van der Waals surface area contributed by atoms with Gasteiger partial charge in [-0.2, -0.15) is 0 Å². The summed E-state index contributed by atoms with van der Waals surface area (Å²) in [6.07, 6.45) is 4.93. The van der Waals surface area contributed by atoms with Crippen molar-refractivity contribution in [2.75, 3.05) is 11.4 Å². The highest BCUT2D eigenvalue weighted by molar-refractivity contribution is 5.93. The zero-order valence-corrected chi connectivity index (χ0v) is 12.3. The Bertz CT molecular complexity index is 589. The third-order valence-electron chi connectivity index (χ3n) is 4.12. The maximum atomic E-state index is 11.9. The van der Waals surface area contributed by atoms with Gasteiger partial charge in [0, 0.05) is 18.7 Å². The molecule has 0 bridgehead atoms. The van der Waals surface area contributed by atoms with Gasteiger partial charge in [-0.3, -0.25) is 4.79 Å². The molecule has 0 spiro atoms. The second kappa shape index (κ2) is 6.57. The Kier molecular flexibility index (Phi) is 4.34. The maximum absolute atomic E-state index is 11.9. The third kappa shape index (κ3) is 3.52. The van der Waals surface area contributed by atoms with Crippen molar-refractivity contribution in [3.63, 3.8) is 0 Å². The van der Waals surface area contributed by atoms with E-state index >= 15 is 0 Å². The Morgan fingerprint density at radius 1 is 0.810 bits per heavy atom. The number of benzene rings is 2. The van der Waals surface area contributed by atoms with Crippen molar-refractivity contribution in [3.05, 3.63) is 65.7 Å². The summed E-state index contributed by atoms with van der Waals surface area (Å²) in [6.45, 7) is 0.863. The highest BCUT2D eigenvalue weighted by Gasteiger charge is 2.19. The van der Waals surface area contributed by atoms with Crippen LogP contribution in [0.4, 0.5) is 5.69 Å². The van der Waals surface area contributed by atoms with Crippen molar-refractivity contribution in [2.45, 2.75) is 32.1 Å². The van der Waals surface area contributed by atoms with Gasteiger partial charge in [0.05, 0.1) is 0 Å². The first-order valence-corrected chi connectivity index (χ1v) is 7.76. The van der Waals surface area contributed by atoms with Crippen molar-refractivity contribution < 1.29 is 4.79 Å². The zero-order chi connectivity index (χ0) is 14.5. The molecule has 2 aromatic rings. The highest BCUT2D eigenvalue weighted by atomic mass is 16.2. The molecule has 0 unspecified atom stereocenters. The number of piperidine rings is 1. The van der Waals surface area contributed by atoms with Crippen LogP contribution in [0, 0.1) is 0 Å². The lowest BCUT2D eigenvalue weighted by molar-refractivity contribution is -0.119. The molecule has 1 fully saturated rings. The van der Waals surface area contributed by atoms with E-state index < -0.39 is 0 Å². The Morgan fingerprint density at radius 3 is 2.14 bits per heavy atom. The van der Waals surface area contributed by atoms with Gasteiger partial charge in [0.15, 0.2) is 0 Å². The van der Waals surface area contributed by atoms with Crippen molar-refractivity contribution >= 4 is 11.6 Å². The van der Waals surface area contributed by atoms with Crippen LogP contribution in [-0.4, -0.2) is 12.5 Å². The lowest BCUT2D eigenvalue weighted by Gasteiger charge is -2.26. The maximum Gasteiger partial charge on any atom is 0.226 e. The lowest BCUT2D eigenvalue weighted by Crippen LogP contribution is -2.35.